The Kier molecular flexibility index (Phi) is 4.96. The molecule has 0 fully saturated rings. The lowest BCUT2D eigenvalue weighted by atomic mass is 10.2. The molecule has 5 heteroatoms. The Morgan fingerprint density at radius 2 is 2.26 bits per heavy atom. The number of nitrogens with one attached hydrogen (secondary N) is 1. The van der Waals surface area contributed by atoms with Gasteiger partial charge in [0, 0.05) is 34.7 Å². The van der Waals surface area contributed by atoms with Crippen molar-refractivity contribution in [2.24, 2.45) is 0 Å². The first-order chi connectivity index (χ1) is 9.22. The molecule has 1 aromatic carbocycles. The highest BCUT2D eigenvalue weighted by atomic mass is 35.5. The highest BCUT2D eigenvalue weighted by Gasteiger charge is 2.07. The van der Waals surface area contributed by atoms with Crippen LogP contribution in [0.1, 0.15) is 4.88 Å². The smallest absolute Gasteiger partial charge is 0.244 e. The molecule has 1 heterocycles. The van der Waals surface area contributed by atoms with E-state index in [1.165, 1.54) is 6.08 Å². The number of carbonyl (C=O) groups is 1. The maximum atomic E-state index is 11.5. The Morgan fingerprint density at radius 3 is 3.00 bits per heavy atom. The molecule has 0 aliphatic heterocycles. The van der Waals surface area contributed by atoms with Crippen LogP contribution in [0.3, 0.4) is 0 Å². The molecule has 1 N–H and O–H groups in total. The van der Waals surface area contributed by atoms with Crippen LogP contribution in [0.25, 0.3) is 16.2 Å². The third-order valence-corrected chi connectivity index (χ3v) is 4.21. The summed E-state index contributed by atoms with van der Waals surface area (Å²) >= 11 is 7.85. The molecule has 0 unspecified atom stereocenters. The van der Waals surface area contributed by atoms with Gasteiger partial charge in [0.1, 0.15) is 0 Å². The first kappa shape index (κ1) is 14.1. The fourth-order valence-electron chi connectivity index (χ4n) is 1.63. The van der Waals surface area contributed by atoms with Crippen LogP contribution in [0.15, 0.2) is 30.3 Å². The Morgan fingerprint density at radius 1 is 1.47 bits per heavy atom. The standard InChI is InChI=1S/C14H14ClNO2S/c1-18-9-8-16-13(17)7-6-12-14(15)10-4-2-3-5-11(10)19-12/h2-7H,8-9H2,1H3,(H,16,17)/b7-6+. The summed E-state index contributed by atoms with van der Waals surface area (Å²) in [6.07, 6.45) is 3.24. The minimum atomic E-state index is -0.148. The molecule has 19 heavy (non-hydrogen) atoms. The second kappa shape index (κ2) is 6.70. The van der Waals surface area contributed by atoms with E-state index in [9.17, 15) is 4.79 Å². The Bertz CT molecular complexity index is 607. The van der Waals surface area contributed by atoms with Gasteiger partial charge < -0.3 is 10.1 Å². The molecule has 3 nitrogen and oxygen atoms in total. The van der Waals surface area contributed by atoms with E-state index in [0.717, 1.165) is 15.0 Å². The minimum absolute atomic E-state index is 0.148. The van der Waals surface area contributed by atoms with Crippen LogP contribution in [-0.4, -0.2) is 26.2 Å². The number of hydrogen-bond donors (Lipinski definition) is 1. The fourth-order valence-corrected chi connectivity index (χ4v) is 3.03. The molecule has 0 bridgehead atoms. The SMILES string of the molecule is COCCNC(=O)/C=C/c1sc2ccccc2c1Cl. The number of amides is 1. The lowest BCUT2D eigenvalue weighted by Gasteiger charge is -1.99. The van der Waals surface area contributed by atoms with Crippen molar-refractivity contribution >= 4 is 45.0 Å². The van der Waals surface area contributed by atoms with Crippen molar-refractivity contribution in [2.45, 2.75) is 0 Å². The van der Waals surface area contributed by atoms with E-state index in [0.29, 0.717) is 18.2 Å². The van der Waals surface area contributed by atoms with E-state index in [1.54, 1.807) is 24.5 Å². The Balaban J connectivity index is 2.08. The number of rotatable bonds is 5. The summed E-state index contributed by atoms with van der Waals surface area (Å²) in [7, 11) is 1.60. The molecule has 0 saturated carbocycles. The molecule has 2 aromatic rings. The van der Waals surface area contributed by atoms with Gasteiger partial charge in [0.2, 0.25) is 5.91 Å². The second-order valence-corrected chi connectivity index (χ2v) is 5.36. The van der Waals surface area contributed by atoms with Crippen LogP contribution in [0.5, 0.6) is 0 Å². The van der Waals surface area contributed by atoms with Gasteiger partial charge in [0.15, 0.2) is 0 Å². The van der Waals surface area contributed by atoms with Crippen LogP contribution < -0.4 is 5.32 Å². The van der Waals surface area contributed by atoms with Gasteiger partial charge in [-0.1, -0.05) is 29.8 Å². The lowest BCUT2D eigenvalue weighted by Crippen LogP contribution is -2.24. The van der Waals surface area contributed by atoms with Crippen LogP contribution in [0.2, 0.25) is 5.02 Å². The molecule has 0 aliphatic rings. The predicted molar refractivity (Wildman–Crippen MR) is 80.8 cm³/mol. The van der Waals surface area contributed by atoms with E-state index >= 15 is 0 Å². The van der Waals surface area contributed by atoms with E-state index in [1.807, 2.05) is 24.3 Å². The van der Waals surface area contributed by atoms with Crippen LogP contribution in [0, 0.1) is 0 Å². The topological polar surface area (TPSA) is 38.3 Å². The Hall–Kier alpha value is -1.36. The van der Waals surface area contributed by atoms with Crippen LogP contribution in [0.4, 0.5) is 0 Å². The van der Waals surface area contributed by atoms with Crippen molar-refractivity contribution in [3.05, 3.63) is 40.2 Å². The highest BCUT2D eigenvalue weighted by Crippen LogP contribution is 2.35. The first-order valence-electron chi connectivity index (χ1n) is 5.84. The summed E-state index contributed by atoms with van der Waals surface area (Å²) in [6, 6.07) is 7.91. The van der Waals surface area contributed by atoms with Gasteiger partial charge in [-0.3, -0.25) is 4.79 Å². The number of halogens is 1. The van der Waals surface area contributed by atoms with Gasteiger partial charge in [0.05, 0.1) is 11.6 Å². The average Bonchev–Trinajstić information content (AvgIpc) is 2.74. The maximum absolute atomic E-state index is 11.5. The van der Waals surface area contributed by atoms with Crippen LogP contribution >= 0.6 is 22.9 Å². The number of carbonyl (C=O) groups excluding carboxylic acids is 1. The zero-order chi connectivity index (χ0) is 13.7. The highest BCUT2D eigenvalue weighted by molar-refractivity contribution is 7.20. The number of hydrogen-bond acceptors (Lipinski definition) is 3. The molecule has 1 aromatic heterocycles. The quantitative estimate of drug-likeness (QED) is 0.679. The van der Waals surface area contributed by atoms with Crippen molar-refractivity contribution in [1.29, 1.82) is 0 Å². The average molecular weight is 296 g/mol. The first-order valence-corrected chi connectivity index (χ1v) is 7.03. The largest absolute Gasteiger partial charge is 0.383 e. The van der Waals surface area contributed by atoms with Crippen molar-refractivity contribution in [3.63, 3.8) is 0 Å². The molecular formula is C14H14ClNO2S. The van der Waals surface area contributed by atoms with Gasteiger partial charge >= 0.3 is 0 Å². The molecule has 0 atom stereocenters. The van der Waals surface area contributed by atoms with E-state index in [-0.39, 0.29) is 5.91 Å². The van der Waals surface area contributed by atoms with Crippen molar-refractivity contribution in [3.8, 4) is 0 Å². The maximum Gasteiger partial charge on any atom is 0.244 e. The third-order valence-electron chi connectivity index (χ3n) is 2.55. The summed E-state index contributed by atoms with van der Waals surface area (Å²) in [5.74, 6) is -0.148. The summed E-state index contributed by atoms with van der Waals surface area (Å²) in [6.45, 7) is 1.00. The third kappa shape index (κ3) is 3.56. The number of ether oxygens (including phenoxy) is 1. The number of methoxy groups -OCH3 is 1. The van der Waals surface area contributed by atoms with Gasteiger partial charge in [-0.05, 0) is 12.1 Å². The summed E-state index contributed by atoms with van der Waals surface area (Å²) in [5.41, 5.74) is 0. The normalized spacial score (nSPS) is 11.3. The molecule has 0 aliphatic carbocycles. The van der Waals surface area contributed by atoms with Gasteiger partial charge in [0.25, 0.3) is 0 Å². The Labute approximate surface area is 120 Å². The lowest BCUT2D eigenvalue weighted by molar-refractivity contribution is -0.116. The second-order valence-electron chi connectivity index (χ2n) is 3.89. The summed E-state index contributed by atoms with van der Waals surface area (Å²) in [5, 5.41) is 4.44. The van der Waals surface area contributed by atoms with Gasteiger partial charge in [-0.2, -0.15) is 0 Å². The number of thiophene rings is 1. The number of benzene rings is 1. The minimum Gasteiger partial charge on any atom is -0.383 e. The molecular weight excluding hydrogens is 282 g/mol. The number of fused-ring (bicyclic) bond motifs is 1. The van der Waals surface area contributed by atoms with E-state index in [4.69, 9.17) is 16.3 Å². The van der Waals surface area contributed by atoms with Crippen molar-refractivity contribution in [1.82, 2.24) is 5.32 Å². The fraction of sp³-hybridized carbons (Fsp3) is 0.214. The zero-order valence-corrected chi connectivity index (χ0v) is 12.1. The van der Waals surface area contributed by atoms with Crippen molar-refractivity contribution in [2.75, 3.05) is 20.3 Å². The van der Waals surface area contributed by atoms with Gasteiger partial charge in [-0.25, -0.2) is 0 Å². The summed E-state index contributed by atoms with van der Waals surface area (Å²) in [4.78, 5) is 12.4. The monoisotopic (exact) mass is 295 g/mol. The zero-order valence-electron chi connectivity index (χ0n) is 10.5. The predicted octanol–water partition coefficient (Wildman–Crippen LogP) is 3.33. The molecule has 0 radical (unpaired) electrons. The van der Waals surface area contributed by atoms with Crippen molar-refractivity contribution < 1.29 is 9.53 Å². The van der Waals surface area contributed by atoms with E-state index < -0.39 is 0 Å². The molecule has 1 amide bonds. The molecule has 100 valence electrons. The summed E-state index contributed by atoms with van der Waals surface area (Å²) < 4.78 is 5.97. The molecule has 0 spiro atoms. The molecule has 0 saturated heterocycles. The molecule has 2 rings (SSSR count). The van der Waals surface area contributed by atoms with Gasteiger partial charge in [-0.15, -0.1) is 11.3 Å². The van der Waals surface area contributed by atoms with E-state index in [2.05, 4.69) is 5.32 Å². The van der Waals surface area contributed by atoms with Crippen LogP contribution in [-0.2, 0) is 9.53 Å².